The number of aliphatic hydroxyl groups is 2. The van der Waals surface area contributed by atoms with Crippen molar-refractivity contribution in [1.29, 1.82) is 0 Å². The Bertz CT molecular complexity index is 327. The highest BCUT2D eigenvalue weighted by Gasteiger charge is 2.24. The SMILES string of the molecule is OCCc1c(F)c(F)c(CCO)c(F)c1F. The maximum Gasteiger partial charge on any atom is 0.165 e. The van der Waals surface area contributed by atoms with Crippen molar-refractivity contribution in [3.63, 3.8) is 0 Å². The first-order valence-electron chi connectivity index (χ1n) is 4.60. The maximum absolute atomic E-state index is 13.2. The Hall–Kier alpha value is -1.14. The molecule has 1 aromatic carbocycles. The van der Waals surface area contributed by atoms with Gasteiger partial charge in [-0.1, -0.05) is 0 Å². The summed E-state index contributed by atoms with van der Waals surface area (Å²) >= 11 is 0. The van der Waals surface area contributed by atoms with Crippen molar-refractivity contribution >= 4 is 0 Å². The molecule has 0 aliphatic rings. The van der Waals surface area contributed by atoms with Crippen LogP contribution in [0.1, 0.15) is 11.1 Å². The summed E-state index contributed by atoms with van der Waals surface area (Å²) in [7, 11) is 0. The van der Waals surface area contributed by atoms with Crippen molar-refractivity contribution in [3.8, 4) is 0 Å². The summed E-state index contributed by atoms with van der Waals surface area (Å²) in [6.07, 6.45) is -1.02. The largest absolute Gasteiger partial charge is 0.396 e. The third-order valence-electron chi connectivity index (χ3n) is 2.17. The fourth-order valence-electron chi connectivity index (χ4n) is 1.39. The van der Waals surface area contributed by atoms with Crippen LogP contribution in [0, 0.1) is 23.3 Å². The molecule has 16 heavy (non-hydrogen) atoms. The molecule has 0 atom stereocenters. The highest BCUT2D eigenvalue weighted by molar-refractivity contribution is 5.30. The second-order valence-electron chi connectivity index (χ2n) is 3.16. The number of rotatable bonds is 4. The van der Waals surface area contributed by atoms with Crippen molar-refractivity contribution in [2.24, 2.45) is 0 Å². The fraction of sp³-hybridized carbons (Fsp3) is 0.400. The molecule has 0 saturated carbocycles. The van der Waals surface area contributed by atoms with E-state index in [4.69, 9.17) is 10.2 Å². The molecule has 0 aliphatic heterocycles. The minimum absolute atomic E-state index is 0.509. The Morgan fingerprint density at radius 2 is 0.875 bits per heavy atom. The first kappa shape index (κ1) is 12.9. The minimum Gasteiger partial charge on any atom is -0.396 e. The van der Waals surface area contributed by atoms with Gasteiger partial charge in [0, 0.05) is 37.2 Å². The lowest BCUT2D eigenvalue weighted by Crippen LogP contribution is -2.11. The van der Waals surface area contributed by atoms with Crippen LogP contribution in [0.25, 0.3) is 0 Å². The summed E-state index contributed by atoms with van der Waals surface area (Å²) < 4.78 is 53.0. The van der Waals surface area contributed by atoms with Crippen LogP contribution in [0.4, 0.5) is 17.6 Å². The van der Waals surface area contributed by atoms with Crippen molar-refractivity contribution in [2.75, 3.05) is 13.2 Å². The zero-order valence-electron chi connectivity index (χ0n) is 8.23. The second-order valence-corrected chi connectivity index (χ2v) is 3.16. The third kappa shape index (κ3) is 2.17. The summed E-state index contributed by atoms with van der Waals surface area (Å²) in [4.78, 5) is 0. The van der Waals surface area contributed by atoms with Crippen molar-refractivity contribution in [1.82, 2.24) is 0 Å². The van der Waals surface area contributed by atoms with Crippen LogP contribution in [0.3, 0.4) is 0 Å². The fourth-order valence-corrected chi connectivity index (χ4v) is 1.39. The van der Waals surface area contributed by atoms with Crippen LogP contribution >= 0.6 is 0 Å². The first-order valence-corrected chi connectivity index (χ1v) is 4.60. The molecule has 1 rings (SSSR count). The second kappa shape index (κ2) is 5.27. The molecule has 0 aliphatic carbocycles. The van der Waals surface area contributed by atoms with Gasteiger partial charge in [-0.2, -0.15) is 0 Å². The van der Waals surface area contributed by atoms with Gasteiger partial charge in [0.25, 0.3) is 0 Å². The van der Waals surface area contributed by atoms with Gasteiger partial charge >= 0.3 is 0 Å². The van der Waals surface area contributed by atoms with E-state index in [9.17, 15) is 17.6 Å². The predicted molar refractivity (Wildman–Crippen MR) is 47.9 cm³/mol. The molecule has 2 nitrogen and oxygen atoms in total. The molecule has 0 bridgehead atoms. The van der Waals surface area contributed by atoms with E-state index in [2.05, 4.69) is 0 Å². The van der Waals surface area contributed by atoms with Gasteiger partial charge in [-0.15, -0.1) is 0 Å². The number of halogens is 4. The summed E-state index contributed by atoms with van der Waals surface area (Å²) in [5.41, 5.74) is -1.64. The molecule has 0 aromatic heterocycles. The molecule has 0 spiro atoms. The number of hydrogen-bond donors (Lipinski definition) is 2. The van der Waals surface area contributed by atoms with Crippen LogP contribution in [-0.2, 0) is 12.8 Å². The maximum atomic E-state index is 13.2. The quantitative estimate of drug-likeness (QED) is 0.613. The lowest BCUT2D eigenvalue weighted by atomic mass is 10.0. The molecule has 0 radical (unpaired) electrons. The van der Waals surface area contributed by atoms with Gasteiger partial charge in [-0.3, -0.25) is 0 Å². The normalized spacial score (nSPS) is 10.9. The summed E-state index contributed by atoms with van der Waals surface area (Å²) in [6.45, 7) is -1.24. The molecule has 0 saturated heterocycles. The van der Waals surface area contributed by atoms with Crippen LogP contribution in [-0.4, -0.2) is 23.4 Å². The topological polar surface area (TPSA) is 40.5 Å². The summed E-state index contributed by atoms with van der Waals surface area (Å²) in [5, 5.41) is 17.0. The highest BCUT2D eigenvalue weighted by Crippen LogP contribution is 2.24. The van der Waals surface area contributed by atoms with E-state index < -0.39 is 60.5 Å². The molecule has 0 heterocycles. The lowest BCUT2D eigenvalue weighted by Gasteiger charge is -2.10. The van der Waals surface area contributed by atoms with Crippen LogP contribution in [0.2, 0.25) is 0 Å². The average molecular weight is 238 g/mol. The molecular weight excluding hydrogens is 228 g/mol. The van der Waals surface area contributed by atoms with E-state index in [0.717, 1.165) is 0 Å². The van der Waals surface area contributed by atoms with Crippen LogP contribution in [0.15, 0.2) is 0 Å². The Kier molecular flexibility index (Phi) is 4.26. The molecular formula is C10H10F4O2. The van der Waals surface area contributed by atoms with Gasteiger partial charge in [0.1, 0.15) is 0 Å². The molecule has 2 N–H and O–H groups in total. The molecule has 1 aromatic rings. The van der Waals surface area contributed by atoms with Gasteiger partial charge in [-0.05, 0) is 0 Å². The number of hydrogen-bond acceptors (Lipinski definition) is 2. The third-order valence-corrected chi connectivity index (χ3v) is 2.17. The Balaban J connectivity index is 3.37. The van der Waals surface area contributed by atoms with E-state index in [1.54, 1.807) is 0 Å². The van der Waals surface area contributed by atoms with Crippen molar-refractivity contribution in [2.45, 2.75) is 12.8 Å². The smallest absolute Gasteiger partial charge is 0.165 e. The lowest BCUT2D eigenvalue weighted by molar-refractivity contribution is 0.286. The van der Waals surface area contributed by atoms with Crippen molar-refractivity contribution in [3.05, 3.63) is 34.4 Å². The monoisotopic (exact) mass is 238 g/mol. The van der Waals surface area contributed by atoms with Crippen LogP contribution in [0.5, 0.6) is 0 Å². The van der Waals surface area contributed by atoms with Gasteiger partial charge in [0.2, 0.25) is 0 Å². The Morgan fingerprint density at radius 3 is 1.06 bits per heavy atom. The van der Waals surface area contributed by atoms with E-state index in [-0.39, 0.29) is 0 Å². The minimum atomic E-state index is -1.52. The van der Waals surface area contributed by atoms with Gasteiger partial charge < -0.3 is 10.2 Å². The highest BCUT2D eigenvalue weighted by atomic mass is 19.2. The van der Waals surface area contributed by atoms with E-state index in [1.165, 1.54) is 0 Å². The van der Waals surface area contributed by atoms with E-state index in [1.807, 2.05) is 0 Å². The van der Waals surface area contributed by atoms with Gasteiger partial charge in [-0.25, -0.2) is 17.6 Å². The number of aliphatic hydroxyl groups excluding tert-OH is 2. The molecule has 90 valence electrons. The first-order chi connectivity index (χ1) is 7.54. The van der Waals surface area contributed by atoms with E-state index in [0.29, 0.717) is 0 Å². The zero-order chi connectivity index (χ0) is 12.3. The molecule has 0 amide bonds. The zero-order valence-corrected chi connectivity index (χ0v) is 8.23. The number of benzene rings is 1. The van der Waals surface area contributed by atoms with E-state index >= 15 is 0 Å². The van der Waals surface area contributed by atoms with Gasteiger partial charge in [0.15, 0.2) is 23.3 Å². The predicted octanol–water partition coefficient (Wildman–Crippen LogP) is 1.31. The summed E-state index contributed by atoms with van der Waals surface area (Å²) in [6, 6.07) is 0. The molecule has 6 heteroatoms. The molecule has 0 fully saturated rings. The Morgan fingerprint density at radius 1 is 0.625 bits per heavy atom. The molecule has 0 unspecified atom stereocenters. The van der Waals surface area contributed by atoms with Gasteiger partial charge in [0.05, 0.1) is 0 Å². The van der Waals surface area contributed by atoms with Crippen LogP contribution < -0.4 is 0 Å². The Labute approximate surface area is 89.1 Å². The standard InChI is InChI=1S/C10H10F4O2/c11-7-5(1-3-15)8(12)10(14)6(2-4-16)9(7)13/h15-16H,1-4H2. The average Bonchev–Trinajstić information content (AvgIpc) is 2.28. The van der Waals surface area contributed by atoms with Crippen molar-refractivity contribution < 1.29 is 27.8 Å². The summed E-state index contributed by atoms with van der Waals surface area (Å²) in [5.74, 6) is -6.07.